The molecule has 198 valence electrons. The Morgan fingerprint density at radius 3 is 2.44 bits per heavy atom. The number of allylic oxidation sites excluding steroid dienone is 1. The molecule has 1 amide bonds. The Bertz CT molecular complexity index is 1540. The summed E-state index contributed by atoms with van der Waals surface area (Å²) in [6.45, 7) is 5.05. The van der Waals surface area contributed by atoms with Crippen LogP contribution in [0.1, 0.15) is 6.92 Å². The molecule has 0 aliphatic carbocycles. The number of hydrogen-bond acceptors (Lipinski definition) is 7. The van der Waals surface area contributed by atoms with E-state index >= 15 is 0 Å². The molecule has 1 fully saturated rings. The van der Waals surface area contributed by atoms with E-state index in [0.717, 1.165) is 58.4 Å². The molecule has 1 aromatic heterocycles. The van der Waals surface area contributed by atoms with Gasteiger partial charge in [0.2, 0.25) is 5.13 Å². The first kappa shape index (κ1) is 25.9. The molecule has 0 unspecified atom stereocenters. The normalized spacial score (nSPS) is 17.3. The van der Waals surface area contributed by atoms with Gasteiger partial charge in [-0.05, 0) is 67.6 Å². The first-order valence-electron chi connectivity index (χ1n) is 12.6. The molecule has 3 aromatic carbocycles. The monoisotopic (exact) mass is 577 g/mol. The summed E-state index contributed by atoms with van der Waals surface area (Å²) in [6.07, 6.45) is 0. The second kappa shape index (κ2) is 11.0. The summed E-state index contributed by atoms with van der Waals surface area (Å²) in [6, 6.07) is 22.1. The third-order valence-electron chi connectivity index (χ3n) is 6.88. The van der Waals surface area contributed by atoms with Gasteiger partial charge in [0.1, 0.15) is 5.82 Å². The fourth-order valence-corrected chi connectivity index (χ4v) is 6.66. The molecule has 10 heteroatoms. The van der Waals surface area contributed by atoms with Gasteiger partial charge in [0.25, 0.3) is 5.91 Å². The van der Waals surface area contributed by atoms with E-state index in [2.05, 4.69) is 14.8 Å². The fraction of sp³-hybridized carbons (Fsp3) is 0.207. The van der Waals surface area contributed by atoms with Gasteiger partial charge in [-0.15, -0.1) is 11.8 Å². The number of hydrazone groups is 1. The van der Waals surface area contributed by atoms with Crippen LogP contribution in [0.15, 0.2) is 94.1 Å². The van der Waals surface area contributed by atoms with E-state index in [-0.39, 0.29) is 11.7 Å². The zero-order chi connectivity index (χ0) is 26.9. The van der Waals surface area contributed by atoms with Gasteiger partial charge in [-0.1, -0.05) is 35.1 Å². The minimum absolute atomic E-state index is 0.153. The van der Waals surface area contributed by atoms with Crippen LogP contribution >= 0.6 is 34.7 Å². The summed E-state index contributed by atoms with van der Waals surface area (Å²) in [7, 11) is 0. The van der Waals surface area contributed by atoms with Crippen LogP contribution in [0, 0.1) is 5.82 Å². The topological polar surface area (TPSA) is 52.0 Å². The van der Waals surface area contributed by atoms with Crippen LogP contribution in [0.2, 0.25) is 5.02 Å². The highest BCUT2D eigenvalue weighted by Gasteiger charge is 2.36. The number of amides is 1. The van der Waals surface area contributed by atoms with Crippen LogP contribution in [-0.2, 0) is 4.79 Å². The summed E-state index contributed by atoms with van der Waals surface area (Å²) in [5.74, 6) is 0.148. The average Bonchev–Trinajstić information content (AvgIpc) is 3.53. The lowest BCUT2D eigenvalue weighted by atomic mass is 10.1. The maximum absolute atomic E-state index is 13.9. The Morgan fingerprint density at radius 1 is 1.00 bits per heavy atom. The molecule has 1 saturated heterocycles. The van der Waals surface area contributed by atoms with Gasteiger partial charge in [-0.3, -0.25) is 4.79 Å². The summed E-state index contributed by atoms with van der Waals surface area (Å²) in [5.41, 5.74) is 4.13. The van der Waals surface area contributed by atoms with Gasteiger partial charge in [-0.25, -0.2) is 9.37 Å². The Morgan fingerprint density at radius 2 is 1.72 bits per heavy atom. The van der Waals surface area contributed by atoms with Crippen molar-refractivity contribution in [2.24, 2.45) is 5.10 Å². The summed E-state index contributed by atoms with van der Waals surface area (Å²) in [4.78, 5) is 24.1. The molecule has 3 heterocycles. The zero-order valence-electron chi connectivity index (χ0n) is 21.2. The quantitative estimate of drug-likeness (QED) is 0.189. The number of nitrogens with zero attached hydrogens (tertiary/aromatic N) is 5. The number of carbonyl (C=O) groups is 1. The van der Waals surface area contributed by atoms with Crippen molar-refractivity contribution < 1.29 is 9.18 Å². The van der Waals surface area contributed by atoms with Gasteiger partial charge in [-0.2, -0.15) is 10.1 Å². The van der Waals surface area contributed by atoms with Crippen LogP contribution in [0.5, 0.6) is 0 Å². The Labute approximate surface area is 239 Å². The van der Waals surface area contributed by atoms with E-state index in [1.807, 2.05) is 67.6 Å². The van der Waals surface area contributed by atoms with Crippen molar-refractivity contribution in [3.63, 3.8) is 0 Å². The molecule has 4 aromatic rings. The number of para-hydroxylation sites is 1. The lowest BCUT2D eigenvalue weighted by Crippen LogP contribution is -2.46. The summed E-state index contributed by atoms with van der Waals surface area (Å²) < 4.78 is 14.4. The molecule has 0 radical (unpaired) electrons. The second-order valence-electron chi connectivity index (χ2n) is 9.28. The number of thiazole rings is 1. The zero-order valence-corrected chi connectivity index (χ0v) is 23.6. The average molecular weight is 578 g/mol. The number of benzene rings is 3. The molecule has 0 N–H and O–H groups in total. The maximum atomic E-state index is 13.9. The highest BCUT2D eigenvalue weighted by Crippen LogP contribution is 2.35. The predicted octanol–water partition coefficient (Wildman–Crippen LogP) is 6.68. The van der Waals surface area contributed by atoms with E-state index in [4.69, 9.17) is 16.7 Å². The molecule has 2 aliphatic rings. The molecular formula is C29H25ClFN5OS2. The fourth-order valence-electron chi connectivity index (χ4n) is 4.78. The number of piperazine rings is 1. The molecule has 0 spiro atoms. The smallest absolute Gasteiger partial charge is 0.284 e. The predicted molar refractivity (Wildman–Crippen MR) is 160 cm³/mol. The van der Waals surface area contributed by atoms with Crippen molar-refractivity contribution in [2.75, 3.05) is 41.8 Å². The van der Waals surface area contributed by atoms with E-state index in [0.29, 0.717) is 21.5 Å². The van der Waals surface area contributed by atoms with Gasteiger partial charge >= 0.3 is 0 Å². The standard InChI is InChI=1S/C29H25ClFN5OS2/c1-19(34-14-16-35(17-15-34)22-10-8-21(31)9-11-22)27-25(18-38-23-12-6-20(30)7-13-23)33-36(28(27)37)29-32-24-4-2-3-5-26(24)39-29/h2-13H,14-18H2,1H3/b27-19-. The van der Waals surface area contributed by atoms with Crippen LogP contribution in [0.25, 0.3) is 10.2 Å². The van der Waals surface area contributed by atoms with Crippen molar-refractivity contribution in [3.8, 4) is 0 Å². The van der Waals surface area contributed by atoms with Crippen molar-refractivity contribution >= 4 is 67.4 Å². The SMILES string of the molecule is C/C(=C1/C(=O)N(c2nc3ccccc3s2)N=C1CSc1ccc(Cl)cc1)N1CCN(c2ccc(F)cc2)CC1. The highest BCUT2D eigenvalue weighted by atomic mass is 35.5. The Hall–Kier alpha value is -3.40. The number of aromatic nitrogens is 1. The summed E-state index contributed by atoms with van der Waals surface area (Å²) >= 11 is 9.14. The number of halogens is 2. The molecule has 0 atom stereocenters. The number of thioether (sulfide) groups is 1. The largest absolute Gasteiger partial charge is 0.371 e. The third kappa shape index (κ3) is 5.39. The van der Waals surface area contributed by atoms with Gasteiger partial charge in [0, 0.05) is 53.2 Å². The van der Waals surface area contributed by atoms with E-state index in [9.17, 15) is 9.18 Å². The molecule has 6 nitrogen and oxygen atoms in total. The first-order valence-corrected chi connectivity index (χ1v) is 14.8. The Balaban J connectivity index is 1.27. The number of rotatable bonds is 6. The minimum Gasteiger partial charge on any atom is -0.371 e. The molecule has 0 bridgehead atoms. The summed E-state index contributed by atoms with van der Waals surface area (Å²) in [5, 5.41) is 7.52. The number of fused-ring (bicyclic) bond motifs is 1. The van der Waals surface area contributed by atoms with Gasteiger partial charge in [0.05, 0.1) is 21.5 Å². The first-order chi connectivity index (χ1) is 19.0. The van der Waals surface area contributed by atoms with Crippen molar-refractivity contribution in [1.29, 1.82) is 0 Å². The molecular weight excluding hydrogens is 553 g/mol. The van der Waals surface area contributed by atoms with Crippen molar-refractivity contribution in [2.45, 2.75) is 11.8 Å². The van der Waals surface area contributed by atoms with Gasteiger partial charge in [0.15, 0.2) is 0 Å². The lowest BCUT2D eigenvalue weighted by molar-refractivity contribution is -0.114. The molecule has 6 rings (SSSR count). The lowest BCUT2D eigenvalue weighted by Gasteiger charge is -2.38. The van der Waals surface area contributed by atoms with Crippen LogP contribution in [-0.4, -0.2) is 53.4 Å². The molecule has 0 saturated carbocycles. The van der Waals surface area contributed by atoms with Crippen LogP contribution < -0.4 is 9.91 Å². The van der Waals surface area contributed by atoms with Crippen LogP contribution in [0.3, 0.4) is 0 Å². The number of carbonyl (C=O) groups excluding carboxylic acids is 1. The second-order valence-corrected chi connectivity index (χ2v) is 11.8. The minimum atomic E-state index is -0.237. The third-order valence-corrected chi connectivity index (χ3v) is 9.16. The number of anilines is 2. The van der Waals surface area contributed by atoms with E-state index in [1.165, 1.54) is 28.5 Å². The van der Waals surface area contributed by atoms with E-state index < -0.39 is 0 Å². The Kier molecular flexibility index (Phi) is 7.29. The highest BCUT2D eigenvalue weighted by molar-refractivity contribution is 8.00. The molecule has 2 aliphatic heterocycles. The molecule has 39 heavy (non-hydrogen) atoms. The number of hydrogen-bond donors (Lipinski definition) is 0. The van der Waals surface area contributed by atoms with Crippen LogP contribution in [0.4, 0.5) is 15.2 Å². The van der Waals surface area contributed by atoms with E-state index in [1.54, 1.807) is 11.8 Å². The van der Waals surface area contributed by atoms with Crippen molar-refractivity contribution in [1.82, 2.24) is 9.88 Å². The van der Waals surface area contributed by atoms with Crippen molar-refractivity contribution in [3.05, 3.63) is 94.9 Å². The maximum Gasteiger partial charge on any atom is 0.284 e. The van der Waals surface area contributed by atoms with Gasteiger partial charge < -0.3 is 9.80 Å².